The SMILES string of the molecule is Cc1cc2ncn(CC3(CBr)CCCCCC3)c2cc1C. The molecule has 0 atom stereocenters. The quantitative estimate of drug-likeness (QED) is 0.537. The van der Waals surface area contributed by atoms with E-state index in [0.717, 1.165) is 17.4 Å². The van der Waals surface area contributed by atoms with Crippen LogP contribution in [0.25, 0.3) is 11.0 Å². The van der Waals surface area contributed by atoms with Crippen LogP contribution in [0.1, 0.15) is 49.7 Å². The number of imidazole rings is 1. The highest BCUT2D eigenvalue weighted by Gasteiger charge is 2.30. The molecule has 0 radical (unpaired) electrons. The van der Waals surface area contributed by atoms with Gasteiger partial charge >= 0.3 is 0 Å². The molecule has 0 spiro atoms. The number of hydrogen-bond donors (Lipinski definition) is 0. The standard InChI is InChI=1S/C18H25BrN2/c1-14-9-16-17(10-15(14)2)21(13-20-16)12-18(11-19)7-5-3-4-6-8-18/h9-10,13H,3-8,11-12H2,1-2H3. The predicted octanol–water partition coefficient (Wildman–Crippen LogP) is 5.39. The maximum absolute atomic E-state index is 4.62. The van der Waals surface area contributed by atoms with E-state index in [1.54, 1.807) is 0 Å². The maximum Gasteiger partial charge on any atom is 0.0958 e. The maximum atomic E-state index is 4.62. The minimum Gasteiger partial charge on any atom is -0.330 e. The van der Waals surface area contributed by atoms with Gasteiger partial charge in [0.25, 0.3) is 0 Å². The summed E-state index contributed by atoms with van der Waals surface area (Å²) in [6.07, 6.45) is 10.3. The monoisotopic (exact) mass is 348 g/mol. The van der Waals surface area contributed by atoms with E-state index in [4.69, 9.17) is 0 Å². The molecule has 0 amide bonds. The van der Waals surface area contributed by atoms with E-state index in [0.29, 0.717) is 5.41 Å². The molecule has 1 aliphatic carbocycles. The lowest BCUT2D eigenvalue weighted by Crippen LogP contribution is -2.28. The van der Waals surface area contributed by atoms with Crippen molar-refractivity contribution in [3.63, 3.8) is 0 Å². The van der Waals surface area contributed by atoms with E-state index in [1.807, 2.05) is 6.33 Å². The fourth-order valence-electron chi connectivity index (χ4n) is 3.61. The third-order valence-electron chi connectivity index (χ3n) is 5.19. The van der Waals surface area contributed by atoms with Crippen LogP contribution in [0.2, 0.25) is 0 Å². The lowest BCUT2D eigenvalue weighted by molar-refractivity contribution is 0.245. The minimum absolute atomic E-state index is 0.406. The Kier molecular flexibility index (Phi) is 4.39. The molecule has 0 unspecified atom stereocenters. The summed E-state index contributed by atoms with van der Waals surface area (Å²) >= 11 is 3.81. The number of hydrogen-bond acceptors (Lipinski definition) is 1. The van der Waals surface area contributed by atoms with Crippen molar-refractivity contribution in [1.82, 2.24) is 9.55 Å². The first-order chi connectivity index (χ1) is 10.1. The molecule has 1 fully saturated rings. The van der Waals surface area contributed by atoms with Gasteiger partial charge in [-0.25, -0.2) is 4.98 Å². The van der Waals surface area contributed by atoms with Crippen molar-refractivity contribution in [1.29, 1.82) is 0 Å². The second-order valence-electron chi connectivity index (χ2n) is 6.85. The molecule has 114 valence electrons. The normalized spacial score (nSPS) is 18.8. The van der Waals surface area contributed by atoms with Gasteiger partial charge in [0.2, 0.25) is 0 Å². The summed E-state index contributed by atoms with van der Waals surface area (Å²) in [7, 11) is 0. The lowest BCUT2D eigenvalue weighted by Gasteiger charge is -2.31. The highest BCUT2D eigenvalue weighted by atomic mass is 79.9. The number of alkyl halides is 1. The zero-order valence-corrected chi connectivity index (χ0v) is 14.7. The molecule has 0 N–H and O–H groups in total. The molecular formula is C18H25BrN2. The molecule has 3 rings (SSSR count). The highest BCUT2D eigenvalue weighted by molar-refractivity contribution is 9.09. The molecular weight excluding hydrogens is 324 g/mol. The summed E-state index contributed by atoms with van der Waals surface area (Å²) in [5.74, 6) is 0. The Morgan fingerprint density at radius 2 is 1.76 bits per heavy atom. The average Bonchev–Trinajstić information content (AvgIpc) is 2.72. The summed E-state index contributed by atoms with van der Waals surface area (Å²) < 4.78 is 2.38. The van der Waals surface area contributed by atoms with E-state index in [9.17, 15) is 0 Å². The largest absolute Gasteiger partial charge is 0.330 e. The molecule has 1 aliphatic rings. The summed E-state index contributed by atoms with van der Waals surface area (Å²) in [6.45, 7) is 5.45. The van der Waals surface area contributed by atoms with Gasteiger partial charge in [-0.1, -0.05) is 41.6 Å². The number of nitrogens with zero attached hydrogens (tertiary/aromatic N) is 2. The van der Waals surface area contributed by atoms with E-state index in [-0.39, 0.29) is 0 Å². The van der Waals surface area contributed by atoms with Gasteiger partial charge in [-0.15, -0.1) is 0 Å². The third-order valence-corrected chi connectivity index (χ3v) is 6.38. The first kappa shape index (κ1) is 15.1. The van der Waals surface area contributed by atoms with Crippen molar-refractivity contribution in [3.8, 4) is 0 Å². The van der Waals surface area contributed by atoms with Crippen LogP contribution < -0.4 is 0 Å². The second kappa shape index (κ2) is 6.12. The van der Waals surface area contributed by atoms with Crippen LogP contribution in [0.3, 0.4) is 0 Å². The van der Waals surface area contributed by atoms with Crippen molar-refractivity contribution in [2.24, 2.45) is 5.41 Å². The molecule has 2 nitrogen and oxygen atoms in total. The summed E-state index contributed by atoms with van der Waals surface area (Å²) in [5.41, 5.74) is 5.53. The minimum atomic E-state index is 0.406. The van der Waals surface area contributed by atoms with Gasteiger partial charge in [0.1, 0.15) is 0 Å². The number of fused-ring (bicyclic) bond motifs is 1. The van der Waals surface area contributed by atoms with Gasteiger partial charge in [-0.2, -0.15) is 0 Å². The van der Waals surface area contributed by atoms with Crippen molar-refractivity contribution < 1.29 is 0 Å². The first-order valence-electron chi connectivity index (χ1n) is 8.12. The Labute approximate surface area is 136 Å². The van der Waals surface area contributed by atoms with Crippen LogP contribution >= 0.6 is 15.9 Å². The Morgan fingerprint density at radius 1 is 1.10 bits per heavy atom. The third kappa shape index (κ3) is 3.03. The number of aromatic nitrogens is 2. The molecule has 1 aromatic heterocycles. The van der Waals surface area contributed by atoms with Gasteiger partial charge in [0, 0.05) is 11.9 Å². The zero-order chi connectivity index (χ0) is 14.9. The summed E-state index contributed by atoms with van der Waals surface area (Å²) in [6, 6.07) is 4.52. The molecule has 0 aliphatic heterocycles. The van der Waals surface area contributed by atoms with Gasteiger partial charge in [0.05, 0.1) is 17.4 Å². The summed E-state index contributed by atoms with van der Waals surface area (Å²) in [4.78, 5) is 4.62. The molecule has 1 aromatic carbocycles. The van der Waals surface area contributed by atoms with E-state index >= 15 is 0 Å². The van der Waals surface area contributed by atoms with Crippen LogP contribution in [-0.4, -0.2) is 14.9 Å². The zero-order valence-electron chi connectivity index (χ0n) is 13.2. The van der Waals surface area contributed by atoms with Crippen molar-refractivity contribution in [2.45, 2.75) is 58.9 Å². The number of benzene rings is 1. The van der Waals surface area contributed by atoms with E-state index in [1.165, 1.54) is 55.2 Å². The Morgan fingerprint density at radius 3 is 2.43 bits per heavy atom. The fraction of sp³-hybridized carbons (Fsp3) is 0.611. The number of halogens is 1. The molecule has 2 aromatic rings. The smallest absolute Gasteiger partial charge is 0.0958 e. The second-order valence-corrected chi connectivity index (χ2v) is 7.41. The van der Waals surface area contributed by atoms with E-state index < -0.39 is 0 Å². The number of aryl methyl sites for hydroxylation is 2. The fourth-order valence-corrected chi connectivity index (χ4v) is 4.35. The highest BCUT2D eigenvalue weighted by Crippen LogP contribution is 2.39. The van der Waals surface area contributed by atoms with Crippen molar-refractivity contribution in [2.75, 3.05) is 5.33 Å². The predicted molar refractivity (Wildman–Crippen MR) is 93.1 cm³/mol. The topological polar surface area (TPSA) is 17.8 Å². The molecule has 0 bridgehead atoms. The Bertz CT molecular complexity index is 621. The van der Waals surface area contributed by atoms with Crippen LogP contribution in [0.15, 0.2) is 18.5 Å². The Balaban J connectivity index is 1.94. The van der Waals surface area contributed by atoms with Crippen LogP contribution in [0.4, 0.5) is 0 Å². The van der Waals surface area contributed by atoms with Crippen LogP contribution in [-0.2, 0) is 6.54 Å². The molecule has 0 saturated heterocycles. The average molecular weight is 349 g/mol. The van der Waals surface area contributed by atoms with Crippen molar-refractivity contribution in [3.05, 3.63) is 29.6 Å². The molecule has 21 heavy (non-hydrogen) atoms. The van der Waals surface area contributed by atoms with Gasteiger partial charge in [-0.3, -0.25) is 0 Å². The van der Waals surface area contributed by atoms with E-state index in [2.05, 4.69) is 51.5 Å². The van der Waals surface area contributed by atoms with Gasteiger partial charge < -0.3 is 4.57 Å². The summed E-state index contributed by atoms with van der Waals surface area (Å²) in [5, 5.41) is 1.10. The lowest BCUT2D eigenvalue weighted by atomic mass is 9.82. The van der Waals surface area contributed by atoms with Gasteiger partial charge in [0.15, 0.2) is 0 Å². The van der Waals surface area contributed by atoms with Gasteiger partial charge in [-0.05, 0) is 55.4 Å². The number of rotatable bonds is 3. The van der Waals surface area contributed by atoms with Crippen LogP contribution in [0.5, 0.6) is 0 Å². The molecule has 1 heterocycles. The first-order valence-corrected chi connectivity index (χ1v) is 9.24. The molecule has 1 saturated carbocycles. The molecule has 3 heteroatoms. The van der Waals surface area contributed by atoms with Crippen molar-refractivity contribution >= 4 is 27.0 Å². The van der Waals surface area contributed by atoms with Crippen LogP contribution in [0, 0.1) is 19.3 Å². The Hall–Kier alpha value is -0.830.